The number of carbonyl (C=O) groups is 1. The van der Waals surface area contributed by atoms with Crippen molar-refractivity contribution in [3.8, 4) is 17.5 Å². The van der Waals surface area contributed by atoms with E-state index in [1.165, 1.54) is 11.8 Å². The number of amides is 1. The highest BCUT2D eigenvalue weighted by atomic mass is 32.2. The van der Waals surface area contributed by atoms with Crippen LogP contribution in [0.25, 0.3) is 22.3 Å². The van der Waals surface area contributed by atoms with E-state index < -0.39 is 0 Å². The first-order valence-electron chi connectivity index (χ1n) is 9.64. The predicted molar refractivity (Wildman–Crippen MR) is 110 cm³/mol. The molecule has 1 saturated heterocycles. The third kappa shape index (κ3) is 4.44. The summed E-state index contributed by atoms with van der Waals surface area (Å²) >= 11 is 1.35. The van der Waals surface area contributed by atoms with Gasteiger partial charge in [0.15, 0.2) is 11.0 Å². The van der Waals surface area contributed by atoms with Gasteiger partial charge in [-0.3, -0.25) is 9.36 Å². The molecule has 8 nitrogen and oxygen atoms in total. The largest absolute Gasteiger partial charge is 0.376 e. The van der Waals surface area contributed by atoms with Crippen molar-refractivity contribution < 1.29 is 9.53 Å². The van der Waals surface area contributed by atoms with Gasteiger partial charge in [-0.25, -0.2) is 0 Å². The lowest BCUT2D eigenvalue weighted by atomic mass is 10.1. The van der Waals surface area contributed by atoms with Crippen LogP contribution in [0, 0.1) is 11.3 Å². The molecule has 1 aliphatic heterocycles. The number of hydrogen-bond donors (Lipinski definition) is 2. The fourth-order valence-corrected chi connectivity index (χ4v) is 4.22. The van der Waals surface area contributed by atoms with Gasteiger partial charge in [-0.05, 0) is 18.9 Å². The maximum absolute atomic E-state index is 12.0. The van der Waals surface area contributed by atoms with Crippen molar-refractivity contribution >= 4 is 28.6 Å². The third-order valence-electron chi connectivity index (χ3n) is 4.85. The van der Waals surface area contributed by atoms with Crippen LogP contribution in [-0.2, 0) is 16.1 Å². The molecule has 4 rings (SSSR count). The lowest BCUT2D eigenvalue weighted by molar-refractivity contribution is -0.118. The molecule has 3 aromatic rings. The molecular formula is C20H22N6O2S. The van der Waals surface area contributed by atoms with Crippen LogP contribution in [0.15, 0.2) is 35.6 Å². The number of fused-ring (bicyclic) bond motifs is 1. The van der Waals surface area contributed by atoms with E-state index in [4.69, 9.17) is 10.00 Å². The maximum Gasteiger partial charge on any atom is 0.230 e. The van der Waals surface area contributed by atoms with E-state index in [0.29, 0.717) is 24.7 Å². The quantitative estimate of drug-likeness (QED) is 0.437. The number of nitrogens with one attached hydrogen (secondary N) is 2. The second-order valence-corrected chi connectivity index (χ2v) is 7.79. The van der Waals surface area contributed by atoms with Gasteiger partial charge >= 0.3 is 0 Å². The molecule has 150 valence electrons. The fourth-order valence-electron chi connectivity index (χ4n) is 3.45. The summed E-state index contributed by atoms with van der Waals surface area (Å²) in [5.74, 6) is 0.874. The Labute approximate surface area is 172 Å². The van der Waals surface area contributed by atoms with E-state index in [9.17, 15) is 4.79 Å². The highest BCUT2D eigenvalue weighted by Gasteiger charge is 2.23. The molecule has 9 heteroatoms. The van der Waals surface area contributed by atoms with Crippen LogP contribution in [0.1, 0.15) is 19.3 Å². The molecule has 29 heavy (non-hydrogen) atoms. The van der Waals surface area contributed by atoms with Gasteiger partial charge in [-0.2, -0.15) is 5.26 Å². The molecule has 1 aromatic carbocycles. The Hall–Kier alpha value is -2.83. The number of aromatic amines is 1. The first kappa shape index (κ1) is 19.5. The number of benzene rings is 1. The summed E-state index contributed by atoms with van der Waals surface area (Å²) < 4.78 is 7.88. The number of rotatable bonds is 8. The zero-order chi connectivity index (χ0) is 20.1. The number of hydrogen-bond acceptors (Lipinski definition) is 6. The minimum atomic E-state index is -0.120. The van der Waals surface area contributed by atoms with Gasteiger partial charge in [0.05, 0.1) is 30.9 Å². The SMILES string of the molecule is N#CCCNC(=O)CSc1nnc(-c2c[nH]c3ccccc23)n1C[C@H]1CCCO1. The zero-order valence-corrected chi connectivity index (χ0v) is 16.7. The van der Waals surface area contributed by atoms with Gasteiger partial charge in [0, 0.05) is 35.8 Å². The standard InChI is InChI=1S/C20H22N6O2S/c21-8-4-9-22-18(27)13-29-20-25-24-19(26(20)12-14-5-3-10-28-14)16-11-23-17-7-2-1-6-15(16)17/h1-2,6-7,11,14,23H,3-5,9-10,12-13H2,(H,22,27)/t14-/m1/s1. The summed E-state index contributed by atoms with van der Waals surface area (Å²) in [5.41, 5.74) is 2.02. The molecule has 3 heterocycles. The molecule has 0 radical (unpaired) electrons. The van der Waals surface area contributed by atoms with Gasteiger partial charge in [-0.1, -0.05) is 30.0 Å². The Morgan fingerprint density at radius 2 is 2.31 bits per heavy atom. The van der Waals surface area contributed by atoms with Crippen LogP contribution in [-0.4, -0.2) is 50.7 Å². The number of H-pyrrole nitrogens is 1. The fraction of sp³-hybridized carbons (Fsp3) is 0.400. The van der Waals surface area contributed by atoms with Crippen molar-refractivity contribution in [2.45, 2.75) is 37.1 Å². The number of aromatic nitrogens is 4. The number of carbonyl (C=O) groups excluding carboxylic acids is 1. The lowest BCUT2D eigenvalue weighted by Crippen LogP contribution is -2.26. The summed E-state index contributed by atoms with van der Waals surface area (Å²) in [7, 11) is 0. The van der Waals surface area contributed by atoms with Crippen molar-refractivity contribution in [3.05, 3.63) is 30.5 Å². The van der Waals surface area contributed by atoms with Gasteiger partial charge in [0.2, 0.25) is 5.91 Å². The van der Waals surface area contributed by atoms with Crippen LogP contribution >= 0.6 is 11.8 Å². The van der Waals surface area contributed by atoms with Crippen molar-refractivity contribution in [2.75, 3.05) is 18.9 Å². The van der Waals surface area contributed by atoms with E-state index in [2.05, 4.69) is 31.1 Å². The smallest absolute Gasteiger partial charge is 0.230 e. The molecular weight excluding hydrogens is 388 g/mol. The Bertz CT molecular complexity index is 1030. The first-order valence-corrected chi connectivity index (χ1v) is 10.6. The average molecular weight is 411 g/mol. The molecule has 2 aromatic heterocycles. The van der Waals surface area contributed by atoms with Crippen LogP contribution < -0.4 is 5.32 Å². The Morgan fingerprint density at radius 3 is 3.14 bits per heavy atom. The predicted octanol–water partition coefficient (Wildman–Crippen LogP) is 2.73. The van der Waals surface area contributed by atoms with Gasteiger partial charge in [-0.15, -0.1) is 10.2 Å². The zero-order valence-electron chi connectivity index (χ0n) is 15.9. The second kappa shape index (κ2) is 9.11. The molecule has 2 N–H and O–H groups in total. The minimum Gasteiger partial charge on any atom is -0.376 e. The van der Waals surface area contributed by atoms with Crippen molar-refractivity contribution in [3.63, 3.8) is 0 Å². The van der Waals surface area contributed by atoms with Gasteiger partial charge in [0.25, 0.3) is 0 Å². The number of nitrogens with zero attached hydrogens (tertiary/aromatic N) is 4. The molecule has 0 saturated carbocycles. The Balaban J connectivity index is 1.58. The van der Waals surface area contributed by atoms with Crippen molar-refractivity contribution in [1.29, 1.82) is 5.26 Å². The highest BCUT2D eigenvalue weighted by molar-refractivity contribution is 7.99. The topological polar surface area (TPSA) is 109 Å². The molecule has 1 atom stereocenters. The summed E-state index contributed by atoms with van der Waals surface area (Å²) in [6.07, 6.45) is 4.43. The Morgan fingerprint density at radius 1 is 1.41 bits per heavy atom. The molecule has 1 fully saturated rings. The van der Waals surface area contributed by atoms with E-state index in [0.717, 1.165) is 41.7 Å². The van der Waals surface area contributed by atoms with Crippen molar-refractivity contribution in [2.24, 2.45) is 0 Å². The molecule has 0 aliphatic carbocycles. The maximum atomic E-state index is 12.0. The van der Waals surface area contributed by atoms with Crippen molar-refractivity contribution in [1.82, 2.24) is 25.1 Å². The molecule has 0 bridgehead atoms. The number of nitriles is 1. The summed E-state index contributed by atoms with van der Waals surface area (Å²) in [4.78, 5) is 15.3. The van der Waals surface area contributed by atoms with Crippen LogP contribution in [0.5, 0.6) is 0 Å². The molecule has 1 aliphatic rings. The summed E-state index contributed by atoms with van der Waals surface area (Å²) in [6.45, 7) is 1.79. The number of ether oxygens (including phenoxy) is 1. The minimum absolute atomic E-state index is 0.120. The summed E-state index contributed by atoms with van der Waals surface area (Å²) in [6, 6.07) is 10.1. The van der Waals surface area contributed by atoms with E-state index in [1.807, 2.05) is 30.5 Å². The first-order chi connectivity index (χ1) is 14.3. The molecule has 1 amide bonds. The Kier molecular flexibility index (Phi) is 6.12. The van der Waals surface area contributed by atoms with E-state index >= 15 is 0 Å². The van der Waals surface area contributed by atoms with Gasteiger partial charge < -0.3 is 15.0 Å². The van der Waals surface area contributed by atoms with Crippen LogP contribution in [0.4, 0.5) is 0 Å². The lowest BCUT2D eigenvalue weighted by Gasteiger charge is -2.14. The summed E-state index contributed by atoms with van der Waals surface area (Å²) in [5, 5.41) is 21.9. The second-order valence-electron chi connectivity index (χ2n) is 6.85. The highest BCUT2D eigenvalue weighted by Crippen LogP contribution is 2.31. The number of thioether (sulfide) groups is 1. The third-order valence-corrected chi connectivity index (χ3v) is 5.82. The van der Waals surface area contributed by atoms with Gasteiger partial charge in [0.1, 0.15) is 0 Å². The van der Waals surface area contributed by atoms with Crippen LogP contribution in [0.3, 0.4) is 0 Å². The normalized spacial score (nSPS) is 16.2. The monoisotopic (exact) mass is 410 g/mol. The molecule has 0 spiro atoms. The molecule has 0 unspecified atom stereocenters. The van der Waals surface area contributed by atoms with E-state index in [1.54, 1.807) is 0 Å². The average Bonchev–Trinajstić information content (AvgIpc) is 3.47. The van der Waals surface area contributed by atoms with E-state index in [-0.39, 0.29) is 17.8 Å². The number of para-hydroxylation sites is 1. The van der Waals surface area contributed by atoms with Crippen LogP contribution in [0.2, 0.25) is 0 Å².